The molecule has 1 aromatic heterocycles. The summed E-state index contributed by atoms with van der Waals surface area (Å²) in [6, 6.07) is 16.4. The topological polar surface area (TPSA) is 44.2 Å². The molecule has 0 atom stereocenters. The van der Waals surface area contributed by atoms with Gasteiger partial charge in [0.15, 0.2) is 0 Å². The third-order valence-corrected chi connectivity index (χ3v) is 5.38. The first-order chi connectivity index (χ1) is 13.8. The molecule has 3 rings (SSSR count). The maximum absolute atomic E-state index is 5.73. The van der Waals surface area contributed by atoms with Crippen molar-refractivity contribution >= 4 is 11.3 Å². The summed E-state index contributed by atoms with van der Waals surface area (Å²) in [5, 5.41) is 10.6. The summed E-state index contributed by atoms with van der Waals surface area (Å²) in [6.07, 6.45) is 4.59. The Morgan fingerprint density at radius 2 is 1.39 bits per heavy atom. The minimum Gasteiger partial charge on any atom is -0.494 e. The van der Waals surface area contributed by atoms with Gasteiger partial charge in [0.05, 0.1) is 13.2 Å². The second-order valence-corrected chi connectivity index (χ2v) is 7.72. The van der Waals surface area contributed by atoms with Gasteiger partial charge in [0.1, 0.15) is 15.8 Å². The fraction of sp³-hybridized carbons (Fsp3) is 0.391. The number of rotatable bonds is 11. The molecule has 0 aliphatic rings. The van der Waals surface area contributed by atoms with E-state index in [0.717, 1.165) is 52.9 Å². The van der Waals surface area contributed by atoms with Gasteiger partial charge < -0.3 is 9.47 Å². The Hall–Kier alpha value is -2.24. The van der Waals surface area contributed by atoms with Crippen LogP contribution in [-0.4, -0.2) is 23.4 Å². The first kappa shape index (κ1) is 20.5. The highest BCUT2D eigenvalue weighted by Gasteiger charge is 2.09. The van der Waals surface area contributed by atoms with Gasteiger partial charge >= 0.3 is 0 Å². The molecular formula is C23H28N2O2S. The summed E-state index contributed by atoms with van der Waals surface area (Å²) in [4.78, 5) is 0. The third-order valence-electron chi connectivity index (χ3n) is 4.36. The molecule has 5 heteroatoms. The Balaban J connectivity index is 1.58. The quantitative estimate of drug-likeness (QED) is 0.353. The molecule has 0 aliphatic carbocycles. The number of ether oxygens (including phenoxy) is 2. The Morgan fingerprint density at radius 3 is 2.00 bits per heavy atom. The van der Waals surface area contributed by atoms with E-state index in [4.69, 9.17) is 9.47 Å². The van der Waals surface area contributed by atoms with Gasteiger partial charge in [0.2, 0.25) is 0 Å². The van der Waals surface area contributed by atoms with Crippen molar-refractivity contribution in [3.63, 3.8) is 0 Å². The summed E-state index contributed by atoms with van der Waals surface area (Å²) in [5.74, 6) is 0.892. The van der Waals surface area contributed by atoms with Crippen LogP contribution < -0.4 is 4.74 Å². The monoisotopic (exact) mass is 396 g/mol. The molecular weight excluding hydrogens is 368 g/mol. The molecule has 3 aromatic rings. The third kappa shape index (κ3) is 5.88. The van der Waals surface area contributed by atoms with Crippen molar-refractivity contribution in [2.24, 2.45) is 0 Å². The second kappa shape index (κ2) is 10.9. The van der Waals surface area contributed by atoms with Crippen LogP contribution >= 0.6 is 11.3 Å². The first-order valence-electron chi connectivity index (χ1n) is 10.0. The lowest BCUT2D eigenvalue weighted by molar-refractivity contribution is 0.117. The molecule has 0 aliphatic heterocycles. The lowest BCUT2D eigenvalue weighted by atomic mass is 10.1. The first-order valence-corrected chi connectivity index (χ1v) is 10.9. The molecule has 0 spiro atoms. The summed E-state index contributed by atoms with van der Waals surface area (Å²) < 4.78 is 11.4. The van der Waals surface area contributed by atoms with Gasteiger partial charge in [-0.3, -0.25) is 0 Å². The summed E-state index contributed by atoms with van der Waals surface area (Å²) in [7, 11) is 0. The molecule has 0 N–H and O–H groups in total. The van der Waals surface area contributed by atoms with Gasteiger partial charge in [0, 0.05) is 17.7 Å². The van der Waals surface area contributed by atoms with Gasteiger partial charge in [-0.25, -0.2) is 0 Å². The maximum Gasteiger partial charge on any atom is 0.148 e. The van der Waals surface area contributed by atoms with Gasteiger partial charge in [-0.2, -0.15) is 0 Å². The molecule has 0 radical (unpaired) electrons. The number of nitrogens with zero attached hydrogens (tertiary/aromatic N) is 2. The van der Waals surface area contributed by atoms with E-state index in [1.807, 2.05) is 24.3 Å². The van der Waals surface area contributed by atoms with Crippen molar-refractivity contribution in [3.05, 3.63) is 54.1 Å². The SMILES string of the molecule is CCCCCOCc1ccc(-c2nnc(-c3ccc(OCCC)cc3)s2)cc1. The van der Waals surface area contributed by atoms with E-state index in [0.29, 0.717) is 6.61 Å². The number of hydrogen-bond acceptors (Lipinski definition) is 5. The van der Waals surface area contributed by atoms with E-state index in [2.05, 4.69) is 48.3 Å². The minimum absolute atomic E-state index is 0.664. The van der Waals surface area contributed by atoms with Gasteiger partial charge in [-0.05, 0) is 42.7 Å². The van der Waals surface area contributed by atoms with Crippen LogP contribution in [-0.2, 0) is 11.3 Å². The second-order valence-electron chi connectivity index (χ2n) is 6.74. The highest BCUT2D eigenvalue weighted by molar-refractivity contribution is 7.17. The van der Waals surface area contributed by atoms with Crippen molar-refractivity contribution in [3.8, 4) is 26.9 Å². The van der Waals surface area contributed by atoms with E-state index in [-0.39, 0.29) is 0 Å². The molecule has 4 nitrogen and oxygen atoms in total. The fourth-order valence-electron chi connectivity index (χ4n) is 2.76. The molecule has 0 unspecified atom stereocenters. The van der Waals surface area contributed by atoms with Crippen LogP contribution in [0.5, 0.6) is 5.75 Å². The highest BCUT2D eigenvalue weighted by atomic mass is 32.1. The van der Waals surface area contributed by atoms with Gasteiger partial charge in [-0.15, -0.1) is 10.2 Å². The average Bonchev–Trinajstić information content (AvgIpc) is 3.23. The predicted octanol–water partition coefficient (Wildman–Crippen LogP) is 6.37. The van der Waals surface area contributed by atoms with Crippen LogP contribution in [0.2, 0.25) is 0 Å². The number of unbranched alkanes of at least 4 members (excludes halogenated alkanes) is 2. The Bertz CT molecular complexity index is 829. The van der Waals surface area contributed by atoms with Crippen LogP contribution in [0.4, 0.5) is 0 Å². The zero-order valence-electron chi connectivity index (χ0n) is 16.7. The Kier molecular flexibility index (Phi) is 8.00. The normalized spacial score (nSPS) is 10.9. The lowest BCUT2D eigenvalue weighted by Crippen LogP contribution is -1.95. The standard InChI is InChI=1S/C23H28N2O2S/c1-3-5-6-16-26-17-18-7-9-19(10-8-18)22-24-25-23(28-22)20-11-13-21(14-12-20)27-15-4-2/h7-14H,3-6,15-17H2,1-2H3. The van der Waals surface area contributed by atoms with Crippen molar-refractivity contribution in [1.82, 2.24) is 10.2 Å². The maximum atomic E-state index is 5.73. The summed E-state index contributed by atoms with van der Waals surface area (Å²) >= 11 is 1.60. The van der Waals surface area contributed by atoms with Crippen molar-refractivity contribution in [2.45, 2.75) is 46.1 Å². The van der Waals surface area contributed by atoms with Crippen LogP contribution in [0.25, 0.3) is 21.1 Å². The molecule has 0 saturated carbocycles. The Labute approximate surface area is 171 Å². The smallest absolute Gasteiger partial charge is 0.148 e. The van der Waals surface area contributed by atoms with Crippen LogP contribution in [0.15, 0.2) is 48.5 Å². The highest BCUT2D eigenvalue weighted by Crippen LogP contribution is 2.31. The summed E-state index contributed by atoms with van der Waals surface area (Å²) in [6.45, 7) is 6.54. The molecule has 28 heavy (non-hydrogen) atoms. The molecule has 0 amide bonds. The molecule has 0 bridgehead atoms. The van der Waals surface area contributed by atoms with Crippen LogP contribution in [0, 0.1) is 0 Å². The molecule has 0 saturated heterocycles. The zero-order valence-corrected chi connectivity index (χ0v) is 17.5. The van der Waals surface area contributed by atoms with Crippen molar-refractivity contribution < 1.29 is 9.47 Å². The number of benzene rings is 2. The van der Waals surface area contributed by atoms with E-state index in [1.54, 1.807) is 11.3 Å². The fourth-order valence-corrected chi connectivity index (χ4v) is 3.61. The molecule has 0 fully saturated rings. The lowest BCUT2D eigenvalue weighted by Gasteiger charge is -2.04. The minimum atomic E-state index is 0.664. The van der Waals surface area contributed by atoms with Crippen LogP contribution in [0.3, 0.4) is 0 Å². The number of aromatic nitrogens is 2. The van der Waals surface area contributed by atoms with Crippen molar-refractivity contribution in [2.75, 3.05) is 13.2 Å². The zero-order chi connectivity index (χ0) is 19.6. The van der Waals surface area contributed by atoms with Gasteiger partial charge in [0.25, 0.3) is 0 Å². The predicted molar refractivity (Wildman–Crippen MR) is 116 cm³/mol. The Morgan fingerprint density at radius 1 is 0.750 bits per heavy atom. The van der Waals surface area contributed by atoms with Crippen molar-refractivity contribution in [1.29, 1.82) is 0 Å². The number of hydrogen-bond donors (Lipinski definition) is 0. The summed E-state index contributed by atoms with van der Waals surface area (Å²) in [5.41, 5.74) is 3.33. The van der Waals surface area contributed by atoms with Gasteiger partial charge in [-0.1, -0.05) is 62.3 Å². The van der Waals surface area contributed by atoms with E-state index in [1.165, 1.54) is 18.4 Å². The van der Waals surface area contributed by atoms with E-state index >= 15 is 0 Å². The van der Waals surface area contributed by atoms with E-state index < -0.39 is 0 Å². The van der Waals surface area contributed by atoms with Crippen LogP contribution in [0.1, 0.15) is 45.1 Å². The molecule has 2 aromatic carbocycles. The largest absolute Gasteiger partial charge is 0.494 e. The molecule has 1 heterocycles. The average molecular weight is 397 g/mol. The van der Waals surface area contributed by atoms with E-state index in [9.17, 15) is 0 Å². The molecule has 148 valence electrons.